The monoisotopic (exact) mass is 364 g/mol. The minimum Gasteiger partial charge on any atom is -0.391 e. The number of hydrogen-bond acceptors (Lipinski definition) is 3. The second kappa shape index (κ2) is 6.92. The predicted molar refractivity (Wildman–Crippen MR) is 107 cm³/mol. The number of benzene rings is 2. The fraction of sp³-hybridized carbons (Fsp3) is 0.522. The second-order valence-corrected chi connectivity index (χ2v) is 8.44. The number of amides is 1. The van der Waals surface area contributed by atoms with Gasteiger partial charge in [0, 0.05) is 18.7 Å². The number of nitrogens with zero attached hydrogens (tertiary/aromatic N) is 2. The second-order valence-electron chi connectivity index (χ2n) is 8.44. The van der Waals surface area contributed by atoms with Gasteiger partial charge in [-0.2, -0.15) is 0 Å². The van der Waals surface area contributed by atoms with E-state index in [0.29, 0.717) is 6.54 Å². The Morgan fingerprint density at radius 3 is 2.52 bits per heavy atom. The van der Waals surface area contributed by atoms with Crippen molar-refractivity contribution < 1.29 is 9.90 Å². The zero-order valence-corrected chi connectivity index (χ0v) is 15.9. The maximum Gasteiger partial charge on any atom is 0.254 e. The van der Waals surface area contributed by atoms with Crippen molar-refractivity contribution in [1.29, 1.82) is 0 Å². The number of carbonyl (C=O) groups is 1. The minimum absolute atomic E-state index is 0.0283. The molecule has 1 saturated heterocycles. The van der Waals surface area contributed by atoms with Crippen molar-refractivity contribution in [2.24, 2.45) is 0 Å². The molecule has 4 nitrogen and oxygen atoms in total. The summed E-state index contributed by atoms with van der Waals surface area (Å²) >= 11 is 0. The van der Waals surface area contributed by atoms with E-state index in [4.69, 9.17) is 0 Å². The maximum absolute atomic E-state index is 13.3. The predicted octanol–water partition coefficient (Wildman–Crippen LogP) is 3.69. The largest absolute Gasteiger partial charge is 0.391 e. The first-order chi connectivity index (χ1) is 13.2. The Hall–Kier alpha value is -1.91. The van der Waals surface area contributed by atoms with Crippen LogP contribution in [0.1, 0.15) is 60.0 Å². The average molecular weight is 364 g/mol. The van der Waals surface area contributed by atoms with Crippen molar-refractivity contribution in [3.05, 3.63) is 47.0 Å². The van der Waals surface area contributed by atoms with Gasteiger partial charge in [0.2, 0.25) is 0 Å². The van der Waals surface area contributed by atoms with Crippen molar-refractivity contribution in [3.8, 4) is 0 Å². The van der Waals surface area contributed by atoms with Crippen LogP contribution in [0.5, 0.6) is 0 Å². The van der Waals surface area contributed by atoms with Crippen molar-refractivity contribution >= 4 is 16.7 Å². The summed E-state index contributed by atoms with van der Waals surface area (Å²) in [5.41, 5.74) is 3.28. The minimum atomic E-state index is -0.382. The molecule has 0 radical (unpaired) electrons. The molecule has 2 unspecified atom stereocenters. The number of rotatable bonds is 3. The number of aliphatic hydroxyl groups is 1. The van der Waals surface area contributed by atoms with Crippen LogP contribution in [-0.4, -0.2) is 46.0 Å². The summed E-state index contributed by atoms with van der Waals surface area (Å²) in [6.45, 7) is 3.87. The lowest BCUT2D eigenvalue weighted by Gasteiger charge is -2.35. The Labute approximate surface area is 160 Å². The molecule has 2 aromatic rings. The third-order valence-electron chi connectivity index (χ3n) is 6.75. The van der Waals surface area contributed by atoms with E-state index in [1.807, 2.05) is 4.90 Å². The van der Waals surface area contributed by atoms with Gasteiger partial charge in [-0.15, -0.1) is 0 Å². The first kappa shape index (κ1) is 17.2. The van der Waals surface area contributed by atoms with Crippen molar-refractivity contribution in [3.63, 3.8) is 0 Å². The molecule has 1 saturated carbocycles. The lowest BCUT2D eigenvalue weighted by atomic mass is 9.91. The van der Waals surface area contributed by atoms with Gasteiger partial charge in [-0.1, -0.05) is 37.1 Å². The topological polar surface area (TPSA) is 43.8 Å². The molecule has 0 spiro atoms. The molecule has 5 rings (SSSR count). The molecule has 2 fully saturated rings. The molecular formula is C23H28N2O2. The molecule has 0 aromatic heterocycles. The van der Waals surface area contributed by atoms with Crippen LogP contribution >= 0.6 is 0 Å². The number of likely N-dealkylation sites (tertiary alicyclic amines) is 1. The van der Waals surface area contributed by atoms with E-state index in [2.05, 4.69) is 35.2 Å². The first-order valence-corrected chi connectivity index (χ1v) is 10.5. The Morgan fingerprint density at radius 1 is 1.00 bits per heavy atom. The van der Waals surface area contributed by atoms with Gasteiger partial charge in [-0.3, -0.25) is 9.69 Å². The molecule has 2 heterocycles. The zero-order valence-electron chi connectivity index (χ0n) is 15.9. The van der Waals surface area contributed by atoms with E-state index < -0.39 is 0 Å². The highest BCUT2D eigenvalue weighted by molar-refractivity contribution is 6.05. The highest BCUT2D eigenvalue weighted by Crippen LogP contribution is 2.37. The molecular weight excluding hydrogens is 336 g/mol. The van der Waals surface area contributed by atoms with Crippen LogP contribution in [0.4, 0.5) is 0 Å². The summed E-state index contributed by atoms with van der Waals surface area (Å²) in [7, 11) is 0. The summed E-state index contributed by atoms with van der Waals surface area (Å²) in [6, 6.07) is 10.7. The molecule has 4 heteroatoms. The van der Waals surface area contributed by atoms with Crippen LogP contribution in [0.2, 0.25) is 0 Å². The third kappa shape index (κ3) is 2.95. The zero-order chi connectivity index (χ0) is 18.4. The van der Waals surface area contributed by atoms with Crippen LogP contribution in [0.25, 0.3) is 10.8 Å². The maximum atomic E-state index is 13.3. The van der Waals surface area contributed by atoms with Gasteiger partial charge in [-0.05, 0) is 66.7 Å². The summed E-state index contributed by atoms with van der Waals surface area (Å²) in [5, 5.41) is 13.0. The number of carbonyl (C=O) groups excluding carboxylic acids is 1. The molecule has 1 N–H and O–H groups in total. The Kier molecular flexibility index (Phi) is 4.41. The molecule has 0 bridgehead atoms. The summed E-state index contributed by atoms with van der Waals surface area (Å²) in [5.74, 6) is 0.115. The van der Waals surface area contributed by atoms with E-state index in [9.17, 15) is 9.90 Å². The molecule has 1 aliphatic carbocycles. The fourth-order valence-electron chi connectivity index (χ4n) is 5.30. The van der Waals surface area contributed by atoms with Gasteiger partial charge >= 0.3 is 0 Å². The normalized spacial score (nSPS) is 26.1. The van der Waals surface area contributed by atoms with Crippen LogP contribution in [-0.2, 0) is 13.1 Å². The lowest BCUT2D eigenvalue weighted by Crippen LogP contribution is -2.45. The Bertz CT molecular complexity index is 872. The van der Waals surface area contributed by atoms with E-state index in [1.165, 1.54) is 29.2 Å². The number of fused-ring (bicyclic) bond motifs is 3. The highest BCUT2D eigenvalue weighted by Gasteiger charge is 2.38. The average Bonchev–Trinajstić information content (AvgIpc) is 3.31. The fourth-order valence-corrected chi connectivity index (χ4v) is 5.30. The summed E-state index contributed by atoms with van der Waals surface area (Å²) in [4.78, 5) is 17.7. The third-order valence-corrected chi connectivity index (χ3v) is 6.75. The van der Waals surface area contributed by atoms with E-state index >= 15 is 0 Å². The van der Waals surface area contributed by atoms with Gasteiger partial charge < -0.3 is 10.0 Å². The molecule has 1 amide bonds. The van der Waals surface area contributed by atoms with Gasteiger partial charge in [0.1, 0.15) is 0 Å². The van der Waals surface area contributed by atoms with Crippen LogP contribution in [0.15, 0.2) is 30.3 Å². The molecule has 27 heavy (non-hydrogen) atoms. The summed E-state index contributed by atoms with van der Waals surface area (Å²) in [6.07, 6.45) is 6.06. The molecule has 142 valence electrons. The lowest BCUT2D eigenvalue weighted by molar-refractivity contribution is 0.0192. The van der Waals surface area contributed by atoms with Crippen molar-refractivity contribution in [2.75, 3.05) is 13.1 Å². The van der Waals surface area contributed by atoms with Gasteiger partial charge in [-0.25, -0.2) is 0 Å². The Balaban J connectivity index is 1.54. The quantitative estimate of drug-likeness (QED) is 0.903. The number of aliphatic hydroxyl groups excluding tert-OH is 1. The highest BCUT2D eigenvalue weighted by atomic mass is 16.3. The van der Waals surface area contributed by atoms with Gasteiger partial charge in [0.05, 0.1) is 12.1 Å². The smallest absolute Gasteiger partial charge is 0.254 e. The molecule has 2 aromatic carbocycles. The van der Waals surface area contributed by atoms with E-state index in [-0.39, 0.29) is 18.1 Å². The van der Waals surface area contributed by atoms with Crippen LogP contribution in [0, 0.1) is 0 Å². The van der Waals surface area contributed by atoms with Crippen molar-refractivity contribution in [1.82, 2.24) is 9.80 Å². The molecule has 2 aliphatic heterocycles. The van der Waals surface area contributed by atoms with Crippen LogP contribution < -0.4 is 0 Å². The SMILES string of the molecule is O=C1c2cc(CN3CCCC3)c3ccccc3c2CN1C1CCCCC1O. The van der Waals surface area contributed by atoms with E-state index in [0.717, 1.165) is 56.4 Å². The van der Waals surface area contributed by atoms with Gasteiger partial charge in [0.25, 0.3) is 5.91 Å². The number of hydrogen-bond donors (Lipinski definition) is 1. The first-order valence-electron chi connectivity index (χ1n) is 10.5. The van der Waals surface area contributed by atoms with Gasteiger partial charge in [0.15, 0.2) is 0 Å². The molecule has 3 aliphatic rings. The van der Waals surface area contributed by atoms with E-state index in [1.54, 1.807) is 0 Å². The standard InChI is InChI=1S/C23H28N2O2/c26-22-10-4-3-9-21(22)25-15-20-18-8-2-1-7-17(18)16(13-19(20)23(25)27)14-24-11-5-6-12-24/h1-2,7-8,13,21-22,26H,3-6,9-12,14-15H2. The molecule has 2 atom stereocenters. The van der Waals surface area contributed by atoms with Crippen LogP contribution in [0.3, 0.4) is 0 Å². The Morgan fingerprint density at radius 2 is 1.74 bits per heavy atom. The van der Waals surface area contributed by atoms with Crippen molar-refractivity contribution in [2.45, 2.75) is 63.8 Å². The summed E-state index contributed by atoms with van der Waals surface area (Å²) < 4.78 is 0.